The monoisotopic (exact) mass is 844 g/mol. The van der Waals surface area contributed by atoms with Crippen LogP contribution in [0.25, 0.3) is 33.3 Å². The van der Waals surface area contributed by atoms with Gasteiger partial charge < -0.3 is 44.6 Å². The molecule has 5 atom stereocenters. The van der Waals surface area contributed by atoms with E-state index in [0.29, 0.717) is 18.9 Å². The lowest BCUT2D eigenvalue weighted by atomic mass is 9.82. The molecule has 15 nitrogen and oxygen atoms in total. The second-order valence-electron chi connectivity index (χ2n) is 17.2. The first-order chi connectivity index (χ1) is 29.9. The summed E-state index contributed by atoms with van der Waals surface area (Å²) < 4.78 is 16.3. The van der Waals surface area contributed by atoms with E-state index in [1.165, 1.54) is 14.2 Å². The normalized spacial score (nSPS) is 19.2. The summed E-state index contributed by atoms with van der Waals surface area (Å²) in [6.07, 6.45) is 6.47. The van der Waals surface area contributed by atoms with E-state index >= 15 is 0 Å². The van der Waals surface area contributed by atoms with Crippen LogP contribution in [0.15, 0.2) is 60.9 Å². The Kier molecular flexibility index (Phi) is 12.0. The van der Waals surface area contributed by atoms with Gasteiger partial charge >= 0.3 is 12.2 Å². The van der Waals surface area contributed by atoms with Gasteiger partial charge in [-0.25, -0.2) is 19.6 Å². The SMILES string of the molecule is CCC1c2ccc(-c3cnc([C@@H]4CCCN4C(=O)C(NC(=O)OC)C(C)C)[nH]3)cc2Oc2ccc3cc(-c4cnc([C@@H]5CCCN5C(=O)C(NC(=O)OC)C(C)C)[nH]4)ccc3c21. The van der Waals surface area contributed by atoms with Crippen molar-refractivity contribution in [3.05, 3.63) is 83.7 Å². The maximum absolute atomic E-state index is 13.7. The minimum Gasteiger partial charge on any atom is -0.457 e. The van der Waals surface area contributed by atoms with E-state index in [0.717, 1.165) is 93.8 Å². The van der Waals surface area contributed by atoms with Crippen LogP contribution in [0.4, 0.5) is 9.59 Å². The highest BCUT2D eigenvalue weighted by Gasteiger charge is 2.39. The Balaban J connectivity index is 1.00. The van der Waals surface area contributed by atoms with Crippen molar-refractivity contribution < 1.29 is 33.4 Å². The molecule has 3 aromatic carbocycles. The summed E-state index contributed by atoms with van der Waals surface area (Å²) in [5.41, 5.74) is 5.86. The molecule has 2 aromatic heterocycles. The Bertz CT molecular complexity index is 2490. The molecule has 0 saturated carbocycles. The second-order valence-corrected chi connectivity index (χ2v) is 17.2. The number of amides is 4. The van der Waals surface area contributed by atoms with Crippen LogP contribution in [0.2, 0.25) is 0 Å². The van der Waals surface area contributed by atoms with Crippen molar-refractivity contribution in [1.82, 2.24) is 40.4 Å². The molecule has 4 N–H and O–H groups in total. The van der Waals surface area contributed by atoms with Crippen LogP contribution in [-0.4, -0.2) is 93.1 Å². The number of aromatic nitrogens is 4. The average molecular weight is 845 g/mol. The van der Waals surface area contributed by atoms with E-state index in [4.69, 9.17) is 24.2 Å². The van der Waals surface area contributed by atoms with Gasteiger partial charge in [-0.3, -0.25) is 9.59 Å². The molecule has 3 unspecified atom stereocenters. The highest BCUT2D eigenvalue weighted by atomic mass is 16.5. The van der Waals surface area contributed by atoms with Crippen LogP contribution < -0.4 is 15.4 Å². The zero-order valence-electron chi connectivity index (χ0n) is 36.4. The molecule has 5 heterocycles. The lowest BCUT2D eigenvalue weighted by molar-refractivity contribution is -0.136. The van der Waals surface area contributed by atoms with Gasteiger partial charge in [-0.05, 0) is 72.9 Å². The number of carbonyl (C=O) groups excluding carboxylic acids is 4. The number of rotatable bonds is 11. The molecule has 8 rings (SSSR count). The summed E-state index contributed by atoms with van der Waals surface area (Å²) in [4.78, 5) is 71.6. The maximum atomic E-state index is 13.7. The van der Waals surface area contributed by atoms with Crippen LogP contribution >= 0.6 is 0 Å². The molecule has 62 heavy (non-hydrogen) atoms. The van der Waals surface area contributed by atoms with Gasteiger partial charge in [-0.1, -0.05) is 65.0 Å². The van der Waals surface area contributed by atoms with Crippen LogP contribution in [0, 0.1) is 11.8 Å². The van der Waals surface area contributed by atoms with Crippen molar-refractivity contribution in [2.75, 3.05) is 27.3 Å². The third-order valence-electron chi connectivity index (χ3n) is 12.7. The van der Waals surface area contributed by atoms with E-state index < -0.39 is 24.3 Å². The Morgan fingerprint density at radius 1 is 0.742 bits per heavy atom. The molecule has 0 aliphatic carbocycles. The zero-order chi connectivity index (χ0) is 43.8. The fourth-order valence-corrected chi connectivity index (χ4v) is 9.42. The highest BCUT2D eigenvalue weighted by molar-refractivity contribution is 5.93. The summed E-state index contributed by atoms with van der Waals surface area (Å²) in [5, 5.41) is 7.62. The number of likely N-dealkylation sites (tertiary alicyclic amines) is 2. The van der Waals surface area contributed by atoms with Crippen molar-refractivity contribution in [3.8, 4) is 34.0 Å². The Morgan fingerprint density at radius 3 is 1.79 bits per heavy atom. The quantitative estimate of drug-likeness (QED) is 0.101. The van der Waals surface area contributed by atoms with E-state index in [1.54, 1.807) is 0 Å². The van der Waals surface area contributed by atoms with Crippen molar-refractivity contribution in [3.63, 3.8) is 0 Å². The summed E-state index contributed by atoms with van der Waals surface area (Å²) in [7, 11) is 2.59. The minimum atomic E-state index is -0.704. The van der Waals surface area contributed by atoms with Gasteiger partial charge in [0.25, 0.3) is 0 Å². The third-order valence-corrected chi connectivity index (χ3v) is 12.7. The molecule has 15 heteroatoms. The Morgan fingerprint density at radius 2 is 1.27 bits per heavy atom. The first-order valence-corrected chi connectivity index (χ1v) is 21.7. The standard InChI is InChI=1S/C47H56N8O7/c1-8-30-32-17-14-29(34-24-49-43(51-34)36-12-10-20-55(36)45(57)41(26(4)5)53-47(59)61-7)22-38(32)62-37-18-15-27-21-28(13-16-31(27)39(30)37)33-23-48-42(50-33)35-11-9-19-54(35)44(56)40(25(2)3)52-46(58)60-6/h13-18,21-26,30,35-36,40-41H,8-12,19-20H2,1-7H3,(H,48,50)(H,49,51)(H,52,58)(H,53,59)/t30?,35-,36-,40?,41?/m0/s1. The number of aromatic amines is 2. The predicted molar refractivity (Wildman–Crippen MR) is 233 cm³/mol. The van der Waals surface area contributed by atoms with Crippen LogP contribution in [0.3, 0.4) is 0 Å². The number of benzene rings is 3. The van der Waals surface area contributed by atoms with E-state index in [1.807, 2.05) is 56.0 Å². The van der Waals surface area contributed by atoms with Gasteiger partial charge in [0.05, 0.1) is 50.1 Å². The average Bonchev–Trinajstić information content (AvgIpc) is 4.12. The zero-order valence-corrected chi connectivity index (χ0v) is 36.4. The molecule has 2 fully saturated rings. The molecular weight excluding hydrogens is 789 g/mol. The number of carbonyl (C=O) groups is 4. The van der Waals surface area contributed by atoms with Crippen LogP contribution in [-0.2, 0) is 19.1 Å². The number of nitrogens with one attached hydrogen (secondary N) is 4. The van der Waals surface area contributed by atoms with Crippen molar-refractivity contribution in [2.24, 2.45) is 11.8 Å². The number of methoxy groups -OCH3 is 2. The molecule has 0 spiro atoms. The fourth-order valence-electron chi connectivity index (χ4n) is 9.42. The van der Waals surface area contributed by atoms with E-state index in [-0.39, 0.29) is 41.7 Å². The van der Waals surface area contributed by atoms with E-state index in [2.05, 4.69) is 70.0 Å². The van der Waals surface area contributed by atoms with Gasteiger partial charge in [0, 0.05) is 41.3 Å². The summed E-state index contributed by atoms with van der Waals surface area (Å²) in [6, 6.07) is 15.0. The number of imidazole rings is 2. The molecule has 2 saturated heterocycles. The van der Waals surface area contributed by atoms with Gasteiger partial charge in [0.1, 0.15) is 35.2 Å². The van der Waals surface area contributed by atoms with Gasteiger partial charge in [0.2, 0.25) is 11.8 Å². The smallest absolute Gasteiger partial charge is 0.407 e. The molecule has 5 aromatic rings. The molecule has 3 aliphatic heterocycles. The fraction of sp³-hybridized carbons (Fsp3) is 0.447. The molecular formula is C47H56N8O7. The van der Waals surface area contributed by atoms with Gasteiger partial charge in [-0.2, -0.15) is 0 Å². The summed E-state index contributed by atoms with van der Waals surface area (Å²) >= 11 is 0. The number of H-pyrrole nitrogens is 2. The largest absolute Gasteiger partial charge is 0.457 e. The van der Waals surface area contributed by atoms with Gasteiger partial charge in [0.15, 0.2) is 0 Å². The first-order valence-electron chi connectivity index (χ1n) is 21.7. The first kappa shape index (κ1) is 42.3. The predicted octanol–water partition coefficient (Wildman–Crippen LogP) is 8.36. The molecule has 4 amide bonds. The Labute approximate surface area is 361 Å². The maximum Gasteiger partial charge on any atom is 0.407 e. The van der Waals surface area contributed by atoms with Crippen LogP contribution in [0.5, 0.6) is 11.5 Å². The number of alkyl carbamates (subject to hydrolysis) is 2. The molecule has 0 bridgehead atoms. The summed E-state index contributed by atoms with van der Waals surface area (Å²) in [5.74, 6) is 2.63. The van der Waals surface area contributed by atoms with Crippen molar-refractivity contribution >= 4 is 34.8 Å². The number of ether oxygens (including phenoxy) is 3. The second kappa shape index (κ2) is 17.5. The number of hydrogen-bond acceptors (Lipinski definition) is 9. The van der Waals surface area contributed by atoms with E-state index in [9.17, 15) is 19.2 Å². The molecule has 3 aliphatic rings. The third kappa shape index (κ3) is 7.95. The lowest BCUT2D eigenvalue weighted by Crippen LogP contribution is -2.51. The minimum absolute atomic E-state index is 0.105. The molecule has 326 valence electrons. The topological polar surface area (TPSA) is 184 Å². The lowest BCUT2D eigenvalue weighted by Gasteiger charge is -2.30. The number of nitrogens with zero attached hydrogens (tertiary/aromatic N) is 4. The number of hydrogen-bond donors (Lipinski definition) is 4. The summed E-state index contributed by atoms with van der Waals surface area (Å²) in [6.45, 7) is 11.0. The Hall–Kier alpha value is -6.38. The van der Waals surface area contributed by atoms with Crippen molar-refractivity contribution in [2.45, 2.75) is 96.8 Å². The molecule has 0 radical (unpaired) electrons. The van der Waals surface area contributed by atoms with Gasteiger partial charge in [-0.15, -0.1) is 0 Å². The number of fused-ring (bicyclic) bond motifs is 4. The highest BCUT2D eigenvalue weighted by Crippen LogP contribution is 2.50. The van der Waals surface area contributed by atoms with Crippen molar-refractivity contribution in [1.29, 1.82) is 0 Å². The van der Waals surface area contributed by atoms with Crippen LogP contribution in [0.1, 0.15) is 108 Å².